The number of pyridine rings is 1. The van der Waals surface area contributed by atoms with Crippen LogP contribution in [-0.2, 0) is 9.53 Å². The first kappa shape index (κ1) is 22.7. The Labute approximate surface area is 168 Å². The van der Waals surface area contributed by atoms with Crippen LogP contribution in [0.1, 0.15) is 62.7 Å². The van der Waals surface area contributed by atoms with Gasteiger partial charge >= 0.3 is 6.09 Å². The van der Waals surface area contributed by atoms with E-state index in [4.69, 9.17) is 4.74 Å². The molecule has 1 aromatic heterocycles. The van der Waals surface area contributed by atoms with Gasteiger partial charge < -0.3 is 15.4 Å². The molecule has 160 valence electrons. The van der Waals surface area contributed by atoms with Gasteiger partial charge in [-0.05, 0) is 44.2 Å². The van der Waals surface area contributed by atoms with E-state index in [1.807, 2.05) is 6.92 Å². The number of aromatic nitrogens is 1. The Kier molecular flexibility index (Phi) is 8.04. The number of nitrogens with one attached hydrogen (secondary N) is 2. The minimum atomic E-state index is -2.75. The predicted octanol–water partition coefficient (Wildman–Crippen LogP) is 3.94. The van der Waals surface area contributed by atoms with Crippen LogP contribution >= 0.6 is 0 Å². The molecule has 1 heterocycles. The number of hydrogen-bond acceptors (Lipinski definition) is 5. The Morgan fingerprint density at radius 2 is 2.00 bits per heavy atom. The Bertz CT molecular complexity index is 732. The molecule has 1 aliphatic carbocycles. The lowest BCUT2D eigenvalue weighted by Crippen LogP contribution is -2.50. The molecule has 2 amide bonds. The van der Waals surface area contributed by atoms with Crippen molar-refractivity contribution in [3.63, 3.8) is 0 Å². The van der Waals surface area contributed by atoms with Crippen LogP contribution in [0.4, 0.5) is 19.4 Å². The molecule has 0 bridgehead atoms. The van der Waals surface area contributed by atoms with Crippen molar-refractivity contribution in [1.29, 1.82) is 0 Å². The standard InChI is InChI=1S/C20H27F2N3O4/c1-3-4-11-29-19(28)25-17(14-5-8-20(21,22)9-6-14)18(27)24-16-12-15(13(2)26)7-10-23-16/h7,10,12,14,17H,3-6,8-9,11H2,1-2H3,(H,25,28)(H,23,24,27)/t17-/m0/s1. The molecule has 0 unspecified atom stereocenters. The Morgan fingerprint density at radius 1 is 1.31 bits per heavy atom. The molecule has 0 spiro atoms. The molecule has 7 nitrogen and oxygen atoms in total. The number of alkyl halides is 2. The highest BCUT2D eigenvalue weighted by Crippen LogP contribution is 2.37. The van der Waals surface area contributed by atoms with Gasteiger partial charge in [-0.3, -0.25) is 9.59 Å². The van der Waals surface area contributed by atoms with Gasteiger partial charge in [0.15, 0.2) is 5.78 Å². The number of Topliss-reactive ketones (excluding diaryl/α,β-unsaturated/α-hetero) is 1. The maximum atomic E-state index is 13.5. The fourth-order valence-corrected chi connectivity index (χ4v) is 3.19. The lowest BCUT2D eigenvalue weighted by molar-refractivity contribution is -0.121. The number of ether oxygens (including phenoxy) is 1. The molecular weight excluding hydrogens is 384 g/mol. The summed E-state index contributed by atoms with van der Waals surface area (Å²) in [7, 11) is 0. The summed E-state index contributed by atoms with van der Waals surface area (Å²) < 4.78 is 32.1. The second kappa shape index (κ2) is 10.3. The maximum absolute atomic E-state index is 13.5. The molecule has 1 aromatic rings. The zero-order valence-corrected chi connectivity index (χ0v) is 16.7. The maximum Gasteiger partial charge on any atom is 0.407 e. The van der Waals surface area contributed by atoms with E-state index in [2.05, 4.69) is 15.6 Å². The summed E-state index contributed by atoms with van der Waals surface area (Å²) in [6.07, 6.45) is 1.66. The third-order valence-corrected chi connectivity index (χ3v) is 4.94. The first-order valence-electron chi connectivity index (χ1n) is 9.81. The van der Waals surface area contributed by atoms with Crippen LogP contribution in [0.2, 0.25) is 0 Å². The number of carbonyl (C=O) groups is 3. The van der Waals surface area contributed by atoms with Crippen molar-refractivity contribution < 1.29 is 27.9 Å². The van der Waals surface area contributed by atoms with Gasteiger partial charge in [-0.1, -0.05) is 13.3 Å². The minimum Gasteiger partial charge on any atom is -0.450 e. The van der Waals surface area contributed by atoms with Crippen molar-refractivity contribution in [2.75, 3.05) is 11.9 Å². The Morgan fingerprint density at radius 3 is 2.62 bits per heavy atom. The van der Waals surface area contributed by atoms with Gasteiger partial charge in [-0.15, -0.1) is 0 Å². The third-order valence-electron chi connectivity index (χ3n) is 4.94. The van der Waals surface area contributed by atoms with E-state index in [0.717, 1.165) is 6.42 Å². The number of ketones is 1. The largest absolute Gasteiger partial charge is 0.450 e. The Balaban J connectivity index is 2.10. The average Bonchev–Trinajstić information content (AvgIpc) is 2.67. The van der Waals surface area contributed by atoms with E-state index in [9.17, 15) is 23.2 Å². The molecule has 0 saturated heterocycles. The van der Waals surface area contributed by atoms with Crippen molar-refractivity contribution in [3.05, 3.63) is 23.9 Å². The van der Waals surface area contributed by atoms with Crippen molar-refractivity contribution in [2.24, 2.45) is 5.92 Å². The van der Waals surface area contributed by atoms with Gasteiger partial charge in [0.2, 0.25) is 11.8 Å². The van der Waals surface area contributed by atoms with E-state index in [1.165, 1.54) is 25.3 Å². The number of rotatable bonds is 8. The van der Waals surface area contributed by atoms with Crippen LogP contribution in [0.15, 0.2) is 18.3 Å². The first-order chi connectivity index (χ1) is 13.7. The van der Waals surface area contributed by atoms with Crippen LogP contribution in [-0.4, -0.2) is 41.3 Å². The highest BCUT2D eigenvalue weighted by Gasteiger charge is 2.40. The second-order valence-corrected chi connectivity index (χ2v) is 7.28. The third kappa shape index (κ3) is 7.07. The number of carbonyl (C=O) groups excluding carboxylic acids is 3. The van der Waals surface area contributed by atoms with Crippen molar-refractivity contribution in [3.8, 4) is 0 Å². The van der Waals surface area contributed by atoms with Gasteiger partial charge in [0.25, 0.3) is 0 Å². The SMILES string of the molecule is CCCCOC(=O)N[C@H](C(=O)Nc1cc(C(C)=O)ccn1)C1CCC(F)(F)CC1. The van der Waals surface area contributed by atoms with E-state index >= 15 is 0 Å². The number of hydrogen-bond donors (Lipinski definition) is 2. The number of anilines is 1. The number of amides is 2. The summed E-state index contributed by atoms with van der Waals surface area (Å²) in [5, 5.41) is 5.09. The zero-order chi connectivity index (χ0) is 21.4. The quantitative estimate of drug-likeness (QED) is 0.499. The molecule has 0 radical (unpaired) electrons. The van der Waals surface area contributed by atoms with Crippen molar-refractivity contribution in [1.82, 2.24) is 10.3 Å². The number of alkyl carbamates (subject to hydrolysis) is 1. The van der Waals surface area contributed by atoms with E-state index in [1.54, 1.807) is 0 Å². The van der Waals surface area contributed by atoms with E-state index in [0.29, 0.717) is 12.0 Å². The predicted molar refractivity (Wildman–Crippen MR) is 103 cm³/mol. The second-order valence-electron chi connectivity index (χ2n) is 7.28. The summed E-state index contributed by atoms with van der Waals surface area (Å²) in [6, 6.07) is 1.90. The van der Waals surface area contributed by atoms with Crippen LogP contribution in [0.25, 0.3) is 0 Å². The fourth-order valence-electron chi connectivity index (χ4n) is 3.19. The monoisotopic (exact) mass is 411 g/mol. The van der Waals surface area contributed by atoms with Crippen LogP contribution in [0.3, 0.4) is 0 Å². The van der Waals surface area contributed by atoms with Gasteiger partial charge in [0.1, 0.15) is 11.9 Å². The summed E-state index contributed by atoms with van der Waals surface area (Å²) >= 11 is 0. The van der Waals surface area contributed by atoms with E-state index < -0.39 is 29.9 Å². The normalized spacial score (nSPS) is 17.2. The van der Waals surface area contributed by atoms with Gasteiger partial charge in [-0.2, -0.15) is 0 Å². The summed E-state index contributed by atoms with van der Waals surface area (Å²) in [5.41, 5.74) is 0.371. The highest BCUT2D eigenvalue weighted by molar-refractivity contribution is 5.98. The molecule has 0 aromatic carbocycles. The fraction of sp³-hybridized carbons (Fsp3) is 0.600. The highest BCUT2D eigenvalue weighted by atomic mass is 19.3. The van der Waals surface area contributed by atoms with Crippen LogP contribution < -0.4 is 10.6 Å². The molecule has 1 fully saturated rings. The molecule has 2 N–H and O–H groups in total. The molecule has 0 aliphatic heterocycles. The summed E-state index contributed by atoms with van der Waals surface area (Å²) in [4.78, 5) is 40.4. The minimum absolute atomic E-state index is 0.0985. The van der Waals surface area contributed by atoms with E-state index in [-0.39, 0.29) is 43.9 Å². The number of halogens is 2. The summed E-state index contributed by atoms with van der Waals surface area (Å²) in [5.74, 6) is -3.83. The molecule has 1 atom stereocenters. The smallest absolute Gasteiger partial charge is 0.407 e. The lowest BCUT2D eigenvalue weighted by Gasteiger charge is -2.33. The van der Waals surface area contributed by atoms with Gasteiger partial charge in [-0.25, -0.2) is 18.6 Å². The summed E-state index contributed by atoms with van der Waals surface area (Å²) in [6.45, 7) is 3.54. The zero-order valence-electron chi connectivity index (χ0n) is 16.7. The topological polar surface area (TPSA) is 97.4 Å². The Hall–Kier alpha value is -2.58. The molecular formula is C20H27F2N3O4. The van der Waals surface area contributed by atoms with Gasteiger partial charge in [0, 0.05) is 24.6 Å². The number of nitrogens with zero attached hydrogens (tertiary/aromatic N) is 1. The van der Waals surface area contributed by atoms with Crippen LogP contribution in [0.5, 0.6) is 0 Å². The lowest BCUT2D eigenvalue weighted by atomic mass is 9.81. The molecule has 1 aliphatic rings. The van der Waals surface area contributed by atoms with Crippen molar-refractivity contribution >= 4 is 23.6 Å². The van der Waals surface area contributed by atoms with Gasteiger partial charge in [0.05, 0.1) is 6.61 Å². The van der Waals surface area contributed by atoms with Crippen molar-refractivity contribution in [2.45, 2.75) is 64.3 Å². The number of unbranched alkanes of at least 4 members (excludes halogenated alkanes) is 1. The molecule has 2 rings (SSSR count). The molecule has 29 heavy (non-hydrogen) atoms. The average molecular weight is 411 g/mol. The molecule has 1 saturated carbocycles. The van der Waals surface area contributed by atoms with Crippen LogP contribution in [0, 0.1) is 5.92 Å². The first-order valence-corrected chi connectivity index (χ1v) is 9.81. The molecule has 9 heteroatoms.